The standard InChI is InChI=1S/C11H18N4O3/c1-4-15-9(5-7(2)14-15)6-12-11(18)13-8(3)10(16)17/h5,8H,4,6H2,1-3H3,(H,16,17)(H2,12,13,18). The highest BCUT2D eigenvalue weighted by Crippen LogP contribution is 2.03. The van der Waals surface area contributed by atoms with Gasteiger partial charge >= 0.3 is 12.0 Å². The Morgan fingerprint density at radius 2 is 2.22 bits per heavy atom. The fourth-order valence-corrected chi connectivity index (χ4v) is 1.50. The predicted molar refractivity (Wildman–Crippen MR) is 65.1 cm³/mol. The van der Waals surface area contributed by atoms with Crippen molar-refractivity contribution < 1.29 is 14.7 Å². The van der Waals surface area contributed by atoms with Gasteiger partial charge in [-0.05, 0) is 26.8 Å². The van der Waals surface area contributed by atoms with E-state index in [1.807, 2.05) is 19.9 Å². The Labute approximate surface area is 105 Å². The lowest BCUT2D eigenvalue weighted by Gasteiger charge is -2.11. The number of nitrogens with one attached hydrogen (secondary N) is 2. The van der Waals surface area contributed by atoms with E-state index in [2.05, 4.69) is 15.7 Å². The summed E-state index contributed by atoms with van der Waals surface area (Å²) in [5.41, 5.74) is 1.76. The van der Waals surface area contributed by atoms with E-state index in [-0.39, 0.29) is 0 Å². The van der Waals surface area contributed by atoms with E-state index in [4.69, 9.17) is 5.11 Å². The summed E-state index contributed by atoms with van der Waals surface area (Å²) in [4.78, 5) is 22.0. The third kappa shape index (κ3) is 3.76. The van der Waals surface area contributed by atoms with Crippen LogP contribution in [0.2, 0.25) is 0 Å². The molecule has 1 heterocycles. The number of hydrogen-bond acceptors (Lipinski definition) is 3. The Balaban J connectivity index is 2.49. The fourth-order valence-electron chi connectivity index (χ4n) is 1.50. The van der Waals surface area contributed by atoms with E-state index in [0.29, 0.717) is 6.54 Å². The van der Waals surface area contributed by atoms with Crippen molar-refractivity contribution in [1.29, 1.82) is 0 Å². The minimum absolute atomic E-state index is 0.312. The lowest BCUT2D eigenvalue weighted by molar-refractivity contribution is -0.138. The zero-order valence-corrected chi connectivity index (χ0v) is 10.7. The van der Waals surface area contributed by atoms with Crippen molar-refractivity contribution in [2.24, 2.45) is 0 Å². The first-order chi connectivity index (χ1) is 8.43. The Hall–Kier alpha value is -2.05. The molecule has 1 unspecified atom stereocenters. The maximum atomic E-state index is 11.4. The summed E-state index contributed by atoms with van der Waals surface area (Å²) in [5.74, 6) is -1.07. The normalized spacial score (nSPS) is 11.9. The van der Waals surface area contributed by atoms with E-state index in [1.165, 1.54) is 6.92 Å². The molecular formula is C11H18N4O3. The van der Waals surface area contributed by atoms with Gasteiger partial charge in [-0.1, -0.05) is 0 Å². The molecule has 100 valence electrons. The monoisotopic (exact) mass is 254 g/mol. The van der Waals surface area contributed by atoms with Crippen LogP contribution >= 0.6 is 0 Å². The van der Waals surface area contributed by atoms with Gasteiger partial charge in [0.25, 0.3) is 0 Å². The third-order valence-corrected chi connectivity index (χ3v) is 2.43. The number of amides is 2. The molecule has 0 saturated carbocycles. The summed E-state index contributed by atoms with van der Waals surface area (Å²) >= 11 is 0. The maximum absolute atomic E-state index is 11.4. The quantitative estimate of drug-likeness (QED) is 0.712. The summed E-state index contributed by atoms with van der Waals surface area (Å²) in [6.45, 7) is 6.28. The second-order valence-electron chi connectivity index (χ2n) is 3.98. The summed E-state index contributed by atoms with van der Waals surface area (Å²) < 4.78 is 1.79. The summed E-state index contributed by atoms with van der Waals surface area (Å²) in [6.07, 6.45) is 0. The van der Waals surface area contributed by atoms with Crippen LogP contribution in [0.4, 0.5) is 4.79 Å². The number of urea groups is 1. The number of carboxylic acid groups (broad SMARTS) is 1. The molecule has 7 nitrogen and oxygen atoms in total. The van der Waals surface area contributed by atoms with Gasteiger partial charge in [-0.2, -0.15) is 5.10 Å². The van der Waals surface area contributed by atoms with Gasteiger partial charge < -0.3 is 15.7 Å². The van der Waals surface area contributed by atoms with Crippen LogP contribution in [-0.2, 0) is 17.9 Å². The minimum atomic E-state index is -1.07. The van der Waals surface area contributed by atoms with Crippen LogP contribution in [0.3, 0.4) is 0 Å². The lowest BCUT2D eigenvalue weighted by atomic mass is 10.3. The van der Waals surface area contributed by atoms with Crippen molar-refractivity contribution >= 4 is 12.0 Å². The SMILES string of the molecule is CCn1nc(C)cc1CNC(=O)NC(C)C(=O)O. The Kier molecular flexibility index (Phi) is 4.70. The first kappa shape index (κ1) is 14.0. The van der Waals surface area contributed by atoms with Crippen LogP contribution in [0.1, 0.15) is 25.2 Å². The van der Waals surface area contributed by atoms with Crippen molar-refractivity contribution in [1.82, 2.24) is 20.4 Å². The molecule has 0 aromatic carbocycles. The Morgan fingerprint density at radius 1 is 1.56 bits per heavy atom. The predicted octanol–water partition coefficient (Wildman–Crippen LogP) is 0.484. The van der Waals surface area contributed by atoms with E-state index < -0.39 is 18.0 Å². The molecule has 1 rings (SSSR count). The molecule has 7 heteroatoms. The zero-order valence-electron chi connectivity index (χ0n) is 10.7. The van der Waals surface area contributed by atoms with E-state index in [0.717, 1.165) is 17.9 Å². The Morgan fingerprint density at radius 3 is 2.78 bits per heavy atom. The summed E-state index contributed by atoms with van der Waals surface area (Å²) in [5, 5.41) is 17.8. The van der Waals surface area contributed by atoms with Gasteiger partial charge in [-0.25, -0.2) is 4.79 Å². The first-order valence-corrected chi connectivity index (χ1v) is 5.74. The number of hydrogen-bond donors (Lipinski definition) is 3. The molecule has 3 N–H and O–H groups in total. The number of rotatable bonds is 5. The van der Waals surface area contributed by atoms with E-state index in [1.54, 1.807) is 4.68 Å². The topological polar surface area (TPSA) is 96.3 Å². The van der Waals surface area contributed by atoms with Crippen molar-refractivity contribution in [3.05, 3.63) is 17.5 Å². The Bertz CT molecular complexity index is 441. The smallest absolute Gasteiger partial charge is 0.325 e. The average molecular weight is 254 g/mol. The van der Waals surface area contributed by atoms with Gasteiger partial charge in [0.05, 0.1) is 17.9 Å². The second-order valence-corrected chi connectivity index (χ2v) is 3.98. The van der Waals surface area contributed by atoms with Gasteiger partial charge in [0.15, 0.2) is 0 Å². The van der Waals surface area contributed by atoms with Crippen molar-refractivity contribution in [3.8, 4) is 0 Å². The largest absolute Gasteiger partial charge is 0.480 e. The van der Waals surface area contributed by atoms with Gasteiger partial charge in [0.2, 0.25) is 0 Å². The van der Waals surface area contributed by atoms with Crippen LogP contribution in [0.25, 0.3) is 0 Å². The number of carboxylic acids is 1. The third-order valence-electron chi connectivity index (χ3n) is 2.43. The first-order valence-electron chi connectivity index (χ1n) is 5.74. The summed E-state index contributed by atoms with van der Waals surface area (Å²) in [7, 11) is 0. The van der Waals surface area contributed by atoms with Crippen molar-refractivity contribution in [3.63, 3.8) is 0 Å². The summed E-state index contributed by atoms with van der Waals surface area (Å²) in [6, 6.07) is 0.457. The van der Waals surface area contributed by atoms with Crippen LogP contribution in [0, 0.1) is 6.92 Å². The molecule has 0 saturated heterocycles. The van der Waals surface area contributed by atoms with Gasteiger partial charge in [-0.15, -0.1) is 0 Å². The molecule has 1 aromatic rings. The molecule has 0 aliphatic carbocycles. The van der Waals surface area contributed by atoms with Gasteiger partial charge in [0.1, 0.15) is 6.04 Å². The number of aromatic nitrogens is 2. The number of aliphatic carboxylic acids is 1. The van der Waals surface area contributed by atoms with Crippen LogP contribution < -0.4 is 10.6 Å². The number of nitrogens with zero attached hydrogens (tertiary/aromatic N) is 2. The molecule has 1 atom stereocenters. The molecule has 18 heavy (non-hydrogen) atoms. The average Bonchev–Trinajstić information content (AvgIpc) is 2.66. The highest BCUT2D eigenvalue weighted by molar-refractivity contribution is 5.82. The molecule has 0 aliphatic heterocycles. The molecule has 0 fully saturated rings. The highest BCUT2D eigenvalue weighted by atomic mass is 16.4. The van der Waals surface area contributed by atoms with Crippen LogP contribution in [0.5, 0.6) is 0 Å². The van der Waals surface area contributed by atoms with Crippen molar-refractivity contribution in [2.45, 2.75) is 39.9 Å². The van der Waals surface area contributed by atoms with Gasteiger partial charge in [0, 0.05) is 6.54 Å². The number of carbonyl (C=O) groups is 2. The zero-order chi connectivity index (χ0) is 13.7. The van der Waals surface area contributed by atoms with Gasteiger partial charge in [-0.3, -0.25) is 9.48 Å². The molecule has 0 spiro atoms. The second kappa shape index (κ2) is 6.04. The lowest BCUT2D eigenvalue weighted by Crippen LogP contribution is -2.44. The molecule has 1 aromatic heterocycles. The maximum Gasteiger partial charge on any atom is 0.325 e. The number of aryl methyl sites for hydroxylation is 2. The van der Waals surface area contributed by atoms with Crippen molar-refractivity contribution in [2.75, 3.05) is 0 Å². The molecule has 0 radical (unpaired) electrons. The molecule has 2 amide bonds. The fraction of sp³-hybridized carbons (Fsp3) is 0.545. The molecule has 0 aliphatic rings. The van der Waals surface area contributed by atoms with E-state index in [9.17, 15) is 9.59 Å². The van der Waals surface area contributed by atoms with Crippen LogP contribution in [0.15, 0.2) is 6.07 Å². The molecular weight excluding hydrogens is 236 g/mol. The minimum Gasteiger partial charge on any atom is -0.480 e. The number of carbonyl (C=O) groups excluding carboxylic acids is 1. The molecule has 0 bridgehead atoms. The highest BCUT2D eigenvalue weighted by Gasteiger charge is 2.13. The van der Waals surface area contributed by atoms with Crippen LogP contribution in [-0.4, -0.2) is 32.9 Å². The van der Waals surface area contributed by atoms with E-state index >= 15 is 0 Å².